The quantitative estimate of drug-likeness (QED) is 0.597. The van der Waals surface area contributed by atoms with Gasteiger partial charge in [-0.1, -0.05) is 29.3 Å². The van der Waals surface area contributed by atoms with E-state index in [0.29, 0.717) is 33.9 Å². The molecule has 0 atom stereocenters. The standard InChI is InChI=1S/C20H17Cl2N5O/c21-14-10-13(11-15(22)12-14)16-5-6-17-19(25-16)27(9-3-8-23-17)20(28)26-18-4-1-2-7-24-18/h1-2,4-7,10-12,23H,3,8-9H2,(H,24,26,28). The molecule has 3 heterocycles. The molecule has 0 unspecified atom stereocenters. The molecule has 0 radical (unpaired) electrons. The lowest BCUT2D eigenvalue weighted by Crippen LogP contribution is -2.36. The second-order valence-electron chi connectivity index (χ2n) is 6.30. The summed E-state index contributed by atoms with van der Waals surface area (Å²) in [5, 5.41) is 7.21. The zero-order chi connectivity index (χ0) is 19.5. The lowest BCUT2D eigenvalue weighted by Gasteiger charge is -2.22. The summed E-state index contributed by atoms with van der Waals surface area (Å²) in [7, 11) is 0. The SMILES string of the molecule is O=C(Nc1ccccn1)N1CCCNc2ccc(-c3cc(Cl)cc(Cl)c3)nc21. The minimum absolute atomic E-state index is 0.280. The molecule has 0 bridgehead atoms. The molecule has 0 spiro atoms. The minimum atomic E-state index is -0.280. The van der Waals surface area contributed by atoms with Crippen LogP contribution in [0.15, 0.2) is 54.7 Å². The van der Waals surface area contributed by atoms with Crippen molar-refractivity contribution in [1.82, 2.24) is 9.97 Å². The van der Waals surface area contributed by atoms with Crippen LogP contribution in [0.1, 0.15) is 6.42 Å². The lowest BCUT2D eigenvalue weighted by atomic mass is 10.1. The van der Waals surface area contributed by atoms with Crippen molar-refractivity contribution in [3.05, 3.63) is 64.8 Å². The highest BCUT2D eigenvalue weighted by molar-refractivity contribution is 6.35. The van der Waals surface area contributed by atoms with E-state index in [2.05, 4.69) is 15.6 Å². The number of urea groups is 1. The van der Waals surface area contributed by atoms with Crippen LogP contribution in [0.25, 0.3) is 11.3 Å². The van der Waals surface area contributed by atoms with Gasteiger partial charge in [0.25, 0.3) is 0 Å². The number of hydrogen-bond donors (Lipinski definition) is 2. The van der Waals surface area contributed by atoms with Crippen molar-refractivity contribution in [1.29, 1.82) is 0 Å². The van der Waals surface area contributed by atoms with E-state index in [4.69, 9.17) is 28.2 Å². The molecule has 1 aliphatic rings. The van der Waals surface area contributed by atoms with Crippen LogP contribution in [0, 0.1) is 0 Å². The van der Waals surface area contributed by atoms with Crippen LogP contribution in [0.5, 0.6) is 0 Å². The van der Waals surface area contributed by atoms with E-state index in [-0.39, 0.29) is 6.03 Å². The van der Waals surface area contributed by atoms with Gasteiger partial charge < -0.3 is 5.32 Å². The number of hydrogen-bond acceptors (Lipinski definition) is 4. The van der Waals surface area contributed by atoms with Crippen LogP contribution in [-0.2, 0) is 0 Å². The molecule has 8 heteroatoms. The summed E-state index contributed by atoms with van der Waals surface area (Å²) >= 11 is 12.3. The van der Waals surface area contributed by atoms with Gasteiger partial charge in [0.05, 0.1) is 11.4 Å². The van der Waals surface area contributed by atoms with E-state index in [1.165, 1.54) is 0 Å². The van der Waals surface area contributed by atoms with Gasteiger partial charge in [-0.15, -0.1) is 0 Å². The Bertz CT molecular complexity index is 992. The van der Waals surface area contributed by atoms with Gasteiger partial charge in [0.15, 0.2) is 5.82 Å². The molecular formula is C20H17Cl2N5O. The fraction of sp³-hybridized carbons (Fsp3) is 0.150. The molecule has 0 aliphatic carbocycles. The highest BCUT2D eigenvalue weighted by atomic mass is 35.5. The number of benzene rings is 1. The van der Waals surface area contributed by atoms with Gasteiger partial charge in [0.1, 0.15) is 5.82 Å². The number of aromatic nitrogens is 2. The third-order valence-corrected chi connectivity index (χ3v) is 4.74. The molecule has 2 amide bonds. The van der Waals surface area contributed by atoms with Crippen LogP contribution < -0.4 is 15.5 Å². The van der Waals surface area contributed by atoms with Crippen molar-refractivity contribution in [2.75, 3.05) is 28.6 Å². The first-order valence-corrected chi connectivity index (χ1v) is 9.57. The summed E-state index contributed by atoms with van der Waals surface area (Å²) in [4.78, 5) is 23.4. The third kappa shape index (κ3) is 4.03. The number of anilines is 3. The Morgan fingerprint density at radius 3 is 2.68 bits per heavy atom. The van der Waals surface area contributed by atoms with Crippen molar-refractivity contribution in [2.24, 2.45) is 0 Å². The van der Waals surface area contributed by atoms with Crippen molar-refractivity contribution < 1.29 is 4.79 Å². The van der Waals surface area contributed by atoms with E-state index in [0.717, 1.165) is 24.2 Å². The highest BCUT2D eigenvalue weighted by Crippen LogP contribution is 2.32. The Kier molecular flexibility index (Phi) is 5.32. The maximum absolute atomic E-state index is 12.9. The average molecular weight is 414 g/mol. The Labute approximate surface area is 172 Å². The number of nitrogens with one attached hydrogen (secondary N) is 2. The van der Waals surface area contributed by atoms with E-state index < -0.39 is 0 Å². The topological polar surface area (TPSA) is 70.2 Å². The predicted molar refractivity (Wildman–Crippen MR) is 113 cm³/mol. The zero-order valence-electron chi connectivity index (χ0n) is 14.8. The molecule has 2 N–H and O–H groups in total. The van der Waals surface area contributed by atoms with Crippen LogP contribution >= 0.6 is 23.2 Å². The van der Waals surface area contributed by atoms with E-state index >= 15 is 0 Å². The second kappa shape index (κ2) is 8.04. The summed E-state index contributed by atoms with van der Waals surface area (Å²) in [6, 6.07) is 14.1. The number of amides is 2. The Hall–Kier alpha value is -2.83. The molecule has 142 valence electrons. The molecule has 0 saturated heterocycles. The normalized spacial score (nSPS) is 13.3. The van der Waals surface area contributed by atoms with Gasteiger partial charge >= 0.3 is 6.03 Å². The monoisotopic (exact) mass is 413 g/mol. The van der Waals surface area contributed by atoms with Gasteiger partial charge in [0.2, 0.25) is 0 Å². The first-order chi connectivity index (χ1) is 13.6. The van der Waals surface area contributed by atoms with Crippen molar-refractivity contribution >= 4 is 46.6 Å². The van der Waals surface area contributed by atoms with Gasteiger partial charge in [0, 0.05) is 34.9 Å². The number of rotatable bonds is 2. The number of pyridine rings is 2. The van der Waals surface area contributed by atoms with E-state index in [1.54, 1.807) is 41.4 Å². The van der Waals surface area contributed by atoms with Gasteiger partial charge in [-0.3, -0.25) is 10.2 Å². The molecule has 1 aromatic carbocycles. The Morgan fingerprint density at radius 1 is 1.11 bits per heavy atom. The molecule has 0 saturated carbocycles. The minimum Gasteiger partial charge on any atom is -0.382 e. The molecule has 3 aromatic rings. The third-order valence-electron chi connectivity index (χ3n) is 4.31. The smallest absolute Gasteiger partial charge is 0.328 e. The van der Waals surface area contributed by atoms with E-state index in [1.807, 2.05) is 18.2 Å². The maximum Gasteiger partial charge on any atom is 0.328 e. The number of fused-ring (bicyclic) bond motifs is 1. The fourth-order valence-electron chi connectivity index (χ4n) is 3.03. The van der Waals surface area contributed by atoms with Crippen molar-refractivity contribution in [3.63, 3.8) is 0 Å². The van der Waals surface area contributed by atoms with Crippen LogP contribution in [-0.4, -0.2) is 29.1 Å². The first-order valence-electron chi connectivity index (χ1n) is 8.81. The zero-order valence-corrected chi connectivity index (χ0v) is 16.3. The van der Waals surface area contributed by atoms with Crippen molar-refractivity contribution in [2.45, 2.75) is 6.42 Å². The predicted octanol–water partition coefficient (Wildman–Crippen LogP) is 5.30. The lowest BCUT2D eigenvalue weighted by molar-refractivity contribution is 0.256. The van der Waals surface area contributed by atoms with Gasteiger partial charge in [-0.25, -0.2) is 14.8 Å². The molecule has 1 aliphatic heterocycles. The highest BCUT2D eigenvalue weighted by Gasteiger charge is 2.23. The second-order valence-corrected chi connectivity index (χ2v) is 7.18. The Balaban J connectivity index is 1.70. The molecular weight excluding hydrogens is 397 g/mol. The average Bonchev–Trinajstić information content (AvgIpc) is 2.90. The number of carbonyl (C=O) groups is 1. The summed E-state index contributed by atoms with van der Waals surface area (Å²) in [6.45, 7) is 1.29. The number of halogens is 2. The largest absolute Gasteiger partial charge is 0.382 e. The molecule has 6 nitrogen and oxygen atoms in total. The molecule has 0 fully saturated rings. The van der Waals surface area contributed by atoms with Crippen molar-refractivity contribution in [3.8, 4) is 11.3 Å². The summed E-state index contributed by atoms with van der Waals surface area (Å²) in [5.41, 5.74) is 2.27. The number of nitrogens with zero attached hydrogens (tertiary/aromatic N) is 3. The molecule has 4 rings (SSSR count). The maximum atomic E-state index is 12.9. The molecule has 28 heavy (non-hydrogen) atoms. The van der Waals surface area contributed by atoms with Gasteiger partial charge in [-0.05, 0) is 48.9 Å². The fourth-order valence-corrected chi connectivity index (χ4v) is 3.56. The van der Waals surface area contributed by atoms with E-state index in [9.17, 15) is 4.79 Å². The Morgan fingerprint density at radius 2 is 1.93 bits per heavy atom. The van der Waals surface area contributed by atoms with Crippen LogP contribution in [0.4, 0.5) is 22.1 Å². The summed E-state index contributed by atoms with van der Waals surface area (Å²) in [5.74, 6) is 1.04. The summed E-state index contributed by atoms with van der Waals surface area (Å²) < 4.78 is 0. The number of carbonyl (C=O) groups excluding carboxylic acids is 1. The van der Waals surface area contributed by atoms with Crippen LogP contribution in [0.2, 0.25) is 10.0 Å². The van der Waals surface area contributed by atoms with Gasteiger partial charge in [-0.2, -0.15) is 0 Å². The van der Waals surface area contributed by atoms with Crippen LogP contribution in [0.3, 0.4) is 0 Å². The molecule has 2 aromatic heterocycles. The summed E-state index contributed by atoms with van der Waals surface area (Å²) in [6.07, 6.45) is 2.43. The first kappa shape index (κ1) is 18.5.